The lowest BCUT2D eigenvalue weighted by molar-refractivity contribution is 0.0527. The molecule has 0 saturated carbocycles. The number of ether oxygens (including phenoxy) is 1. The molecular formula is C18H28N6O4. The van der Waals surface area contributed by atoms with E-state index in [0.29, 0.717) is 37.0 Å². The Morgan fingerprint density at radius 3 is 2.50 bits per heavy atom. The Morgan fingerprint density at radius 1 is 1.18 bits per heavy atom. The van der Waals surface area contributed by atoms with E-state index < -0.39 is 17.7 Å². The summed E-state index contributed by atoms with van der Waals surface area (Å²) in [6.45, 7) is 6.57. The highest BCUT2D eigenvalue weighted by atomic mass is 16.6. The number of carbonyl (C=O) groups is 2. The van der Waals surface area contributed by atoms with Crippen molar-refractivity contribution in [3.05, 3.63) is 24.2 Å². The molecule has 0 aliphatic carbocycles. The minimum absolute atomic E-state index is 0.188. The lowest BCUT2D eigenvalue weighted by Gasteiger charge is -2.19. The van der Waals surface area contributed by atoms with Crippen LogP contribution in [0.3, 0.4) is 0 Å². The SMILES string of the molecule is Cn1cc(Nc2nc(NCCCNC(=O)OC(C)(C)C)cn2C)cc1C(=O)O. The lowest BCUT2D eigenvalue weighted by Crippen LogP contribution is -2.33. The zero-order valence-electron chi connectivity index (χ0n) is 16.9. The first-order valence-electron chi connectivity index (χ1n) is 8.96. The molecule has 0 aliphatic heterocycles. The van der Waals surface area contributed by atoms with E-state index in [-0.39, 0.29) is 5.69 Å². The van der Waals surface area contributed by atoms with Crippen molar-refractivity contribution in [1.29, 1.82) is 0 Å². The first-order chi connectivity index (χ1) is 13.0. The zero-order valence-corrected chi connectivity index (χ0v) is 16.9. The van der Waals surface area contributed by atoms with Crippen molar-refractivity contribution in [2.45, 2.75) is 32.8 Å². The molecule has 2 heterocycles. The molecule has 0 aromatic carbocycles. The average molecular weight is 392 g/mol. The van der Waals surface area contributed by atoms with Crippen molar-refractivity contribution in [3.63, 3.8) is 0 Å². The number of nitrogens with one attached hydrogen (secondary N) is 3. The Bertz CT molecular complexity index is 834. The molecule has 1 amide bonds. The molecule has 0 aliphatic rings. The van der Waals surface area contributed by atoms with Crippen molar-refractivity contribution in [2.75, 3.05) is 23.7 Å². The molecule has 154 valence electrons. The summed E-state index contributed by atoms with van der Waals surface area (Å²) >= 11 is 0. The number of nitrogens with zero attached hydrogens (tertiary/aromatic N) is 3. The zero-order chi connectivity index (χ0) is 20.9. The van der Waals surface area contributed by atoms with Crippen LogP contribution in [0.5, 0.6) is 0 Å². The van der Waals surface area contributed by atoms with E-state index in [1.807, 2.05) is 34.0 Å². The fourth-order valence-corrected chi connectivity index (χ4v) is 2.45. The number of carboxylic acid groups (broad SMARTS) is 1. The van der Waals surface area contributed by atoms with Gasteiger partial charge < -0.3 is 34.9 Å². The van der Waals surface area contributed by atoms with Crippen LogP contribution in [0.4, 0.5) is 22.2 Å². The Morgan fingerprint density at radius 2 is 1.89 bits per heavy atom. The van der Waals surface area contributed by atoms with Gasteiger partial charge in [-0.05, 0) is 33.3 Å². The van der Waals surface area contributed by atoms with Gasteiger partial charge >= 0.3 is 12.1 Å². The van der Waals surface area contributed by atoms with Crippen molar-refractivity contribution in [2.24, 2.45) is 14.1 Å². The Labute approximate surface area is 163 Å². The quantitative estimate of drug-likeness (QED) is 0.509. The van der Waals surface area contributed by atoms with Gasteiger partial charge in [-0.25, -0.2) is 9.59 Å². The fraction of sp³-hybridized carbons (Fsp3) is 0.500. The van der Waals surface area contributed by atoms with Crippen LogP contribution in [0.25, 0.3) is 0 Å². The molecule has 0 spiro atoms. The maximum absolute atomic E-state index is 11.6. The van der Waals surface area contributed by atoms with E-state index in [2.05, 4.69) is 20.9 Å². The number of imidazole rings is 1. The number of amides is 1. The van der Waals surface area contributed by atoms with Crippen molar-refractivity contribution >= 4 is 29.5 Å². The number of aromatic carboxylic acids is 1. The number of aromatic nitrogens is 3. The normalized spacial score (nSPS) is 11.2. The van der Waals surface area contributed by atoms with E-state index in [4.69, 9.17) is 9.84 Å². The fourth-order valence-electron chi connectivity index (χ4n) is 2.45. The minimum atomic E-state index is -0.988. The number of anilines is 3. The molecule has 0 radical (unpaired) electrons. The van der Waals surface area contributed by atoms with Crippen LogP contribution >= 0.6 is 0 Å². The third kappa shape index (κ3) is 6.22. The minimum Gasteiger partial charge on any atom is -0.477 e. The second-order valence-electron chi connectivity index (χ2n) is 7.42. The topological polar surface area (TPSA) is 122 Å². The predicted molar refractivity (Wildman–Crippen MR) is 106 cm³/mol. The van der Waals surface area contributed by atoms with Gasteiger partial charge in [0.2, 0.25) is 5.95 Å². The Kier molecular flexibility index (Phi) is 6.55. The first-order valence-corrected chi connectivity index (χ1v) is 8.96. The predicted octanol–water partition coefficient (Wildman–Crippen LogP) is 2.53. The second-order valence-corrected chi connectivity index (χ2v) is 7.42. The number of hydrogen-bond acceptors (Lipinski definition) is 6. The Balaban J connectivity index is 1.80. The average Bonchev–Trinajstić information content (AvgIpc) is 3.08. The number of rotatable bonds is 8. The summed E-state index contributed by atoms with van der Waals surface area (Å²) in [6, 6.07) is 1.55. The summed E-state index contributed by atoms with van der Waals surface area (Å²) in [6.07, 6.45) is 3.79. The molecule has 2 aromatic heterocycles. The molecule has 0 unspecified atom stereocenters. The molecule has 0 atom stereocenters. The van der Waals surface area contributed by atoms with Gasteiger partial charge in [0.05, 0.1) is 5.69 Å². The van der Waals surface area contributed by atoms with Crippen LogP contribution in [0.1, 0.15) is 37.7 Å². The van der Waals surface area contributed by atoms with Crippen molar-refractivity contribution < 1.29 is 19.4 Å². The number of alkyl carbamates (subject to hydrolysis) is 1. The molecule has 10 heteroatoms. The summed E-state index contributed by atoms with van der Waals surface area (Å²) in [7, 11) is 3.51. The number of carbonyl (C=O) groups excluding carboxylic acids is 1. The number of carboxylic acids is 1. The highest BCUT2D eigenvalue weighted by Gasteiger charge is 2.15. The molecule has 0 fully saturated rings. The summed E-state index contributed by atoms with van der Waals surface area (Å²) in [4.78, 5) is 27.1. The van der Waals surface area contributed by atoms with Gasteiger partial charge in [-0.3, -0.25) is 0 Å². The third-order valence-corrected chi connectivity index (χ3v) is 3.68. The second kappa shape index (κ2) is 8.68. The van der Waals surface area contributed by atoms with Crippen LogP contribution in [0.15, 0.2) is 18.5 Å². The van der Waals surface area contributed by atoms with E-state index in [0.717, 1.165) is 0 Å². The van der Waals surface area contributed by atoms with Gasteiger partial charge in [0.1, 0.15) is 17.1 Å². The van der Waals surface area contributed by atoms with Gasteiger partial charge in [0.25, 0.3) is 0 Å². The highest BCUT2D eigenvalue weighted by Crippen LogP contribution is 2.20. The molecule has 28 heavy (non-hydrogen) atoms. The van der Waals surface area contributed by atoms with Crippen molar-refractivity contribution in [3.8, 4) is 0 Å². The largest absolute Gasteiger partial charge is 0.477 e. The van der Waals surface area contributed by atoms with Crippen LogP contribution < -0.4 is 16.0 Å². The number of aryl methyl sites for hydroxylation is 2. The van der Waals surface area contributed by atoms with Crippen LogP contribution in [-0.2, 0) is 18.8 Å². The summed E-state index contributed by atoms with van der Waals surface area (Å²) in [5.41, 5.74) is 0.318. The van der Waals surface area contributed by atoms with Crippen molar-refractivity contribution in [1.82, 2.24) is 19.4 Å². The third-order valence-electron chi connectivity index (χ3n) is 3.68. The molecule has 4 N–H and O–H groups in total. The molecule has 0 saturated heterocycles. The van der Waals surface area contributed by atoms with Crippen LogP contribution in [0.2, 0.25) is 0 Å². The number of hydrogen-bond donors (Lipinski definition) is 4. The summed E-state index contributed by atoms with van der Waals surface area (Å²) in [5.74, 6) is 0.270. The molecule has 10 nitrogen and oxygen atoms in total. The smallest absolute Gasteiger partial charge is 0.407 e. The molecular weight excluding hydrogens is 364 g/mol. The van der Waals surface area contributed by atoms with Gasteiger partial charge in [-0.15, -0.1) is 0 Å². The standard InChI is InChI=1S/C18H28N6O4/c1-18(2,3)28-17(27)20-8-6-7-19-14-11-24(5)16(22-14)21-12-9-13(15(25)26)23(4)10-12/h9-11,19H,6-8H2,1-5H3,(H,20,27)(H,21,22)(H,25,26). The maximum Gasteiger partial charge on any atom is 0.407 e. The first kappa shape index (κ1) is 21.1. The van der Waals surface area contributed by atoms with Gasteiger partial charge in [-0.1, -0.05) is 0 Å². The van der Waals surface area contributed by atoms with E-state index >= 15 is 0 Å². The van der Waals surface area contributed by atoms with Gasteiger partial charge in [-0.2, -0.15) is 4.98 Å². The highest BCUT2D eigenvalue weighted by molar-refractivity contribution is 5.87. The Hall–Kier alpha value is -3.17. The molecule has 2 aromatic rings. The lowest BCUT2D eigenvalue weighted by atomic mass is 10.2. The van der Waals surface area contributed by atoms with Crippen LogP contribution in [0, 0.1) is 0 Å². The van der Waals surface area contributed by atoms with Gasteiger partial charge in [0, 0.05) is 39.6 Å². The van der Waals surface area contributed by atoms with E-state index in [9.17, 15) is 9.59 Å². The maximum atomic E-state index is 11.6. The molecule has 2 rings (SSSR count). The monoisotopic (exact) mass is 392 g/mol. The van der Waals surface area contributed by atoms with Gasteiger partial charge in [0.15, 0.2) is 0 Å². The van der Waals surface area contributed by atoms with Crippen LogP contribution in [-0.4, -0.2) is 50.0 Å². The van der Waals surface area contributed by atoms with E-state index in [1.54, 1.807) is 23.9 Å². The molecule has 0 bridgehead atoms. The van der Waals surface area contributed by atoms with E-state index in [1.165, 1.54) is 4.57 Å². The summed E-state index contributed by atoms with van der Waals surface area (Å²) in [5, 5.41) is 18.1. The summed E-state index contributed by atoms with van der Waals surface area (Å²) < 4.78 is 8.50.